The molecule has 0 spiro atoms. The summed E-state index contributed by atoms with van der Waals surface area (Å²) in [7, 11) is -16.7. The quantitative estimate of drug-likeness (QED) is 0.245. The summed E-state index contributed by atoms with van der Waals surface area (Å²) in [6.45, 7) is 8.67. The number of rotatable bonds is 4. The molecular weight excluding hydrogens is 417 g/mol. The van der Waals surface area contributed by atoms with Crippen LogP contribution in [0.15, 0.2) is 0 Å². The first-order chi connectivity index (χ1) is 9.57. The fraction of sp³-hybridized carbons (Fsp3) is 0.889. The van der Waals surface area contributed by atoms with E-state index in [4.69, 9.17) is 0 Å². The molecule has 0 saturated carbocycles. The maximum atomic E-state index is 9.87. The van der Waals surface area contributed by atoms with Crippen molar-refractivity contribution in [2.75, 3.05) is 0 Å². The van der Waals surface area contributed by atoms with Crippen LogP contribution < -0.4 is 0 Å². The van der Waals surface area contributed by atoms with Gasteiger partial charge in [0, 0.05) is 0 Å². The zero-order valence-electron chi connectivity index (χ0n) is 12.9. The van der Waals surface area contributed by atoms with Gasteiger partial charge in [-0.1, -0.05) is 0 Å². The molecule has 0 bridgehead atoms. The van der Waals surface area contributed by atoms with Crippen LogP contribution in [0.25, 0.3) is 0 Å². The van der Waals surface area contributed by atoms with Gasteiger partial charge in [0.15, 0.2) is 0 Å². The topological polar surface area (TPSA) is 23.8 Å². The Labute approximate surface area is 129 Å². The van der Waals surface area contributed by atoms with E-state index < -0.39 is 26.9 Å². The molecule has 23 heavy (non-hydrogen) atoms. The number of hydrogen-bond donors (Lipinski definition) is 0. The molecule has 0 aromatic rings. The third kappa shape index (κ3) is 21.8. The average Bonchev–Trinajstić information content (AvgIpc) is 2.28. The van der Waals surface area contributed by atoms with Crippen molar-refractivity contribution in [2.24, 2.45) is 0 Å². The molecule has 0 N–H and O–H groups in total. The molecule has 0 heterocycles. The molecule has 0 rings (SSSR count). The molecule has 0 unspecified atom stereocenters. The molecule has 152 valence electrons. The second-order valence-corrected chi connectivity index (χ2v) is 12.7. The molecule has 0 aromatic heterocycles. The zero-order chi connectivity index (χ0) is 19.9. The van der Waals surface area contributed by atoms with Gasteiger partial charge in [0.2, 0.25) is 0 Å². The Morgan fingerprint density at radius 3 is 0.870 bits per heavy atom. The summed E-state index contributed by atoms with van der Waals surface area (Å²) in [6.07, 6.45) is 0. The number of hydrogen-bond acceptors (Lipinski definition) is 1. The van der Waals surface area contributed by atoms with Crippen LogP contribution in [0.3, 0.4) is 0 Å². The van der Waals surface area contributed by atoms with Crippen molar-refractivity contribution < 1.29 is 54.2 Å². The Kier molecular flexibility index (Phi) is 8.85. The fourth-order valence-electron chi connectivity index (χ4n) is 1.10. The van der Waals surface area contributed by atoms with E-state index in [1.54, 1.807) is 0 Å². The van der Waals surface area contributed by atoms with Gasteiger partial charge in [-0.05, 0) is 0 Å². The van der Waals surface area contributed by atoms with Crippen molar-refractivity contribution >= 4 is 15.1 Å². The monoisotopic (exact) mass is 437 g/mol. The molecule has 0 fully saturated rings. The average molecular weight is 438 g/mol. The van der Waals surface area contributed by atoms with Crippen molar-refractivity contribution in [3.8, 4) is 4.97 Å². The van der Waals surface area contributed by atoms with Crippen molar-refractivity contribution in [1.29, 1.82) is 5.26 Å². The van der Waals surface area contributed by atoms with Crippen molar-refractivity contribution in [2.45, 2.75) is 49.0 Å². The number of halogens is 10. The van der Waals surface area contributed by atoms with E-state index in [0.717, 1.165) is 21.3 Å². The van der Waals surface area contributed by atoms with Gasteiger partial charge in [-0.25, -0.2) is 0 Å². The van der Waals surface area contributed by atoms with Crippen LogP contribution in [0.5, 0.6) is 0 Å². The molecule has 0 saturated heterocycles. The Bertz CT molecular complexity index is 366. The predicted molar refractivity (Wildman–Crippen MR) is 71.3 cm³/mol. The molecule has 0 aromatic carbocycles. The number of nitrogens with zero attached hydrogens (tertiary/aromatic N) is 1. The molecule has 0 atom stereocenters. The zero-order valence-corrected chi connectivity index (χ0v) is 14.7. The maximum absolute atomic E-state index is 10.7. The summed E-state index contributed by atoms with van der Waals surface area (Å²) < 4.78 is 98.2. The summed E-state index contributed by atoms with van der Waals surface area (Å²) >= 11 is -1.58. The Morgan fingerprint density at radius 2 is 0.870 bits per heavy atom. The van der Waals surface area contributed by atoms with Crippen LogP contribution in [-0.4, -0.2) is 7.25 Å². The van der Waals surface area contributed by atoms with Gasteiger partial charge in [0.25, 0.3) is 0 Å². The van der Waals surface area contributed by atoms with Crippen molar-refractivity contribution in [1.82, 2.24) is 0 Å². The van der Waals surface area contributed by atoms with Gasteiger partial charge in [0.1, 0.15) is 0 Å². The summed E-state index contributed by atoms with van der Waals surface area (Å²) in [6, 6.07) is 0. The van der Waals surface area contributed by atoms with Gasteiger partial charge in [0.05, 0.1) is 0 Å². The second kappa shape index (κ2) is 7.36. The van der Waals surface area contributed by atoms with E-state index in [1.807, 2.05) is 0 Å². The first kappa shape index (κ1) is 27.6. The molecule has 0 aliphatic heterocycles. The minimum atomic E-state index is -10.7. The van der Waals surface area contributed by atoms with E-state index in [0.29, 0.717) is 0 Å². The van der Waals surface area contributed by atoms with Gasteiger partial charge in [-0.15, -0.1) is 0 Å². The van der Waals surface area contributed by atoms with Crippen LogP contribution in [0.1, 0.15) is 27.7 Å². The van der Waals surface area contributed by atoms with E-state index in [-0.39, 0.29) is 0 Å². The van der Waals surface area contributed by atoms with E-state index >= 15 is 0 Å². The number of nitriles is 1. The molecule has 0 aliphatic carbocycles. The first-order valence-electron chi connectivity index (χ1n) is 5.94. The van der Waals surface area contributed by atoms with Crippen LogP contribution in [0, 0.1) is 10.2 Å². The minimum absolute atomic E-state index is 1.08. The Hall–Kier alpha value is -0.196. The SMILES string of the molecule is C[CH2][Cu]([C]#N)([CH2]C)([CH2]C)[CH2]C.F[B-](F)(F)F.F[P-](F)(F)(F)(F)F. The predicted octanol–water partition coefficient (Wildman–Crippen LogP) is 8.59. The third-order valence-corrected chi connectivity index (χ3v) is 10.0. The fourth-order valence-corrected chi connectivity index (χ4v) is 4.52. The normalized spacial score (nSPS) is 16.8. The van der Waals surface area contributed by atoms with E-state index in [1.165, 1.54) is 0 Å². The molecule has 0 amide bonds. The summed E-state index contributed by atoms with van der Waals surface area (Å²) in [4.78, 5) is 2.63. The van der Waals surface area contributed by atoms with E-state index in [9.17, 15) is 47.7 Å². The van der Waals surface area contributed by atoms with E-state index in [2.05, 4.69) is 32.7 Å². The van der Waals surface area contributed by atoms with Crippen molar-refractivity contribution in [3.63, 3.8) is 0 Å². The second-order valence-electron chi connectivity index (χ2n) is 3.70. The molecule has 0 radical (unpaired) electrons. The Morgan fingerprint density at radius 1 is 0.739 bits per heavy atom. The summed E-state index contributed by atoms with van der Waals surface area (Å²) in [5, 5.41) is 13.5. The molecular formula is C9H20BCuF10NP-2. The van der Waals surface area contributed by atoms with Gasteiger partial charge < -0.3 is 17.3 Å². The van der Waals surface area contributed by atoms with Crippen LogP contribution in [-0.2, 0) is 11.8 Å². The standard InChI is InChI=1S/4C2H5.CN.BF4.Cu.F6P/c5*1-2;2-1(3,4)5;;1-7(2,3,4,5)6/h4*1H2,2H3;;;;/q;;;;;-1;;-1. The molecule has 0 aliphatic rings. The van der Waals surface area contributed by atoms with Crippen LogP contribution in [0.4, 0.5) is 42.4 Å². The first-order valence-corrected chi connectivity index (χ1v) is 11.1. The van der Waals surface area contributed by atoms with Crippen LogP contribution in [0.2, 0.25) is 21.3 Å². The van der Waals surface area contributed by atoms with Gasteiger partial charge >= 0.3 is 111 Å². The molecule has 14 heteroatoms. The summed E-state index contributed by atoms with van der Waals surface area (Å²) in [5.41, 5.74) is 0. The Balaban J connectivity index is -0.000000286. The summed E-state index contributed by atoms with van der Waals surface area (Å²) in [5.74, 6) is 0. The van der Waals surface area contributed by atoms with Crippen molar-refractivity contribution in [3.05, 3.63) is 0 Å². The third-order valence-electron chi connectivity index (χ3n) is 2.43. The molecule has 1 nitrogen and oxygen atoms in total. The van der Waals surface area contributed by atoms with Gasteiger partial charge in [-0.3, -0.25) is 0 Å². The van der Waals surface area contributed by atoms with Crippen LogP contribution >= 0.6 is 7.81 Å². The van der Waals surface area contributed by atoms with Gasteiger partial charge in [-0.2, -0.15) is 0 Å².